The Bertz CT molecular complexity index is 869. The van der Waals surface area contributed by atoms with E-state index in [4.69, 9.17) is 4.74 Å². The van der Waals surface area contributed by atoms with Gasteiger partial charge in [-0.05, 0) is 36.6 Å². The van der Waals surface area contributed by atoms with Gasteiger partial charge in [0.2, 0.25) is 0 Å². The Balaban J connectivity index is 0.00000480. The summed E-state index contributed by atoms with van der Waals surface area (Å²) in [6.45, 7) is 2.22. The van der Waals surface area contributed by atoms with Crippen LogP contribution in [-0.4, -0.2) is 13.0 Å². The molecule has 166 valence electrons. The number of para-hydroxylation sites is 1. The number of unbranched alkanes of at least 4 members (excludes halogenated alkanes) is 9. The fourth-order valence-electron chi connectivity index (χ4n) is 3.54. The van der Waals surface area contributed by atoms with E-state index in [1.807, 2.05) is 6.07 Å². The second kappa shape index (κ2) is 14.9. The summed E-state index contributed by atoms with van der Waals surface area (Å²) in [4.78, 5) is -0.368. The molecule has 0 amide bonds. The van der Waals surface area contributed by atoms with Gasteiger partial charge in [0.05, 0.1) is 0 Å². The molecule has 0 saturated carbocycles. The third kappa shape index (κ3) is 9.96. The van der Waals surface area contributed by atoms with E-state index in [9.17, 15) is 18.1 Å². The fraction of sp³-hybridized carbons (Fsp3) is 0.500. The smallest absolute Gasteiger partial charge is 0.872 e. The zero-order valence-electron chi connectivity index (χ0n) is 18.8. The first-order valence-electron chi connectivity index (χ1n) is 11.0. The molecule has 0 aliphatic rings. The van der Waals surface area contributed by atoms with Crippen LogP contribution in [0, 0.1) is 0 Å². The number of hydrogen-bond acceptors (Lipinski definition) is 4. The Labute approximate surface area is 209 Å². The van der Waals surface area contributed by atoms with E-state index in [2.05, 4.69) is 6.92 Å². The summed E-state index contributed by atoms with van der Waals surface area (Å²) in [7, 11) is -4.51. The predicted molar refractivity (Wildman–Crippen MR) is 118 cm³/mol. The molecule has 2 aromatic rings. The molecule has 0 radical (unpaired) electrons. The van der Waals surface area contributed by atoms with Crippen LogP contribution >= 0.6 is 0 Å². The van der Waals surface area contributed by atoms with Crippen molar-refractivity contribution in [3.8, 4) is 17.2 Å². The quantitative estimate of drug-likeness (QED) is 0.268. The Kier molecular flexibility index (Phi) is 13.5. The van der Waals surface area contributed by atoms with Gasteiger partial charge < -0.3 is 9.84 Å². The number of ether oxygens (including phenoxy) is 1. The van der Waals surface area contributed by atoms with Crippen molar-refractivity contribution in [1.29, 1.82) is 0 Å². The molecule has 0 spiro atoms. The Hall–Kier alpha value is -1.05. The average Bonchev–Trinajstić information content (AvgIpc) is 2.71. The van der Waals surface area contributed by atoms with E-state index in [1.165, 1.54) is 51.0 Å². The maximum Gasteiger partial charge on any atom is 1.00 e. The molecular formula is C24H33NaO5S. The van der Waals surface area contributed by atoms with Crippen molar-refractivity contribution in [2.75, 3.05) is 0 Å². The summed E-state index contributed by atoms with van der Waals surface area (Å²) in [5.74, 6) is 0.0775. The minimum absolute atomic E-state index is 0. The number of benzene rings is 2. The first-order valence-corrected chi connectivity index (χ1v) is 12.4. The Morgan fingerprint density at radius 2 is 1.39 bits per heavy atom. The Morgan fingerprint density at radius 3 is 1.94 bits per heavy atom. The van der Waals surface area contributed by atoms with Gasteiger partial charge in [0.15, 0.2) is 5.75 Å². The molecule has 0 bridgehead atoms. The average molecular weight is 457 g/mol. The third-order valence-corrected chi connectivity index (χ3v) is 6.08. The maximum atomic E-state index is 12.4. The second-order valence-electron chi connectivity index (χ2n) is 7.69. The topological polar surface area (TPSA) is 86.7 Å². The molecule has 0 atom stereocenters. The zero-order valence-corrected chi connectivity index (χ0v) is 21.6. The molecule has 2 aromatic carbocycles. The van der Waals surface area contributed by atoms with Gasteiger partial charge in [0.1, 0.15) is 10.6 Å². The van der Waals surface area contributed by atoms with Crippen molar-refractivity contribution in [1.82, 2.24) is 0 Å². The molecule has 0 saturated heterocycles. The summed E-state index contributed by atoms with van der Waals surface area (Å²) in [6, 6.07) is 11.0. The van der Waals surface area contributed by atoms with Crippen molar-refractivity contribution >= 4 is 10.1 Å². The van der Waals surface area contributed by atoms with Gasteiger partial charge in [0, 0.05) is 0 Å². The van der Waals surface area contributed by atoms with E-state index in [1.54, 1.807) is 24.3 Å². The van der Waals surface area contributed by atoms with Crippen LogP contribution < -0.4 is 39.4 Å². The van der Waals surface area contributed by atoms with Gasteiger partial charge in [-0.15, -0.1) is 5.75 Å². The van der Waals surface area contributed by atoms with Crippen LogP contribution in [0.15, 0.2) is 47.4 Å². The van der Waals surface area contributed by atoms with E-state index >= 15 is 0 Å². The van der Waals surface area contributed by atoms with Crippen molar-refractivity contribution in [3.63, 3.8) is 0 Å². The minimum atomic E-state index is -4.51. The molecule has 5 nitrogen and oxygen atoms in total. The van der Waals surface area contributed by atoms with Crippen LogP contribution in [0.5, 0.6) is 17.2 Å². The van der Waals surface area contributed by atoms with Gasteiger partial charge in [-0.25, -0.2) is 0 Å². The van der Waals surface area contributed by atoms with Gasteiger partial charge in [0.25, 0.3) is 10.1 Å². The van der Waals surface area contributed by atoms with Crippen LogP contribution in [0.3, 0.4) is 0 Å². The summed E-state index contributed by atoms with van der Waals surface area (Å²) in [5, 5.41) is 12.4. The molecule has 0 unspecified atom stereocenters. The fourth-order valence-corrected chi connectivity index (χ4v) is 4.17. The van der Waals surface area contributed by atoms with Crippen LogP contribution in [0.1, 0.15) is 76.7 Å². The monoisotopic (exact) mass is 456 g/mol. The third-order valence-electron chi connectivity index (χ3n) is 5.20. The Morgan fingerprint density at radius 1 is 0.839 bits per heavy atom. The molecular weight excluding hydrogens is 423 g/mol. The van der Waals surface area contributed by atoms with E-state index < -0.39 is 10.1 Å². The van der Waals surface area contributed by atoms with Crippen molar-refractivity contribution in [2.24, 2.45) is 0 Å². The predicted octanol–water partition coefficient (Wildman–Crippen LogP) is 3.27. The van der Waals surface area contributed by atoms with Gasteiger partial charge >= 0.3 is 29.6 Å². The normalized spacial score (nSPS) is 11.2. The largest absolute Gasteiger partial charge is 1.00 e. The zero-order chi connectivity index (χ0) is 21.8. The van der Waals surface area contributed by atoms with Crippen LogP contribution in [0.25, 0.3) is 0 Å². The van der Waals surface area contributed by atoms with E-state index in [0.717, 1.165) is 25.3 Å². The van der Waals surface area contributed by atoms with Gasteiger partial charge in [-0.2, -0.15) is 8.42 Å². The number of rotatable bonds is 14. The van der Waals surface area contributed by atoms with Crippen molar-refractivity contribution in [2.45, 2.75) is 82.4 Å². The standard InChI is InChI=1S/C24H34O5S.Na/c1-2-3-4-5-6-7-8-9-10-14-17-21-22(25)18-19-23(30(26,27)28)24(21)29-20-15-12-11-13-16-20;/h11-13,15-16,18-19,25H,2-10,14,17H2,1H3,(H,26,27,28);/q;+1/p-1. The minimum Gasteiger partial charge on any atom is -0.872 e. The van der Waals surface area contributed by atoms with Gasteiger partial charge in [-0.1, -0.05) is 89.0 Å². The summed E-state index contributed by atoms with van der Waals surface area (Å²) in [6.07, 6.45) is 12.1. The SMILES string of the molecule is CCCCCCCCCCCCc1c([O-])ccc(S(=O)(=O)O)c1Oc1ccccc1.[Na+]. The molecule has 0 aliphatic heterocycles. The van der Waals surface area contributed by atoms with Crippen LogP contribution in [0.4, 0.5) is 0 Å². The summed E-state index contributed by atoms with van der Waals surface area (Å²) >= 11 is 0. The van der Waals surface area contributed by atoms with Crippen molar-refractivity contribution < 1.29 is 52.4 Å². The molecule has 31 heavy (non-hydrogen) atoms. The van der Waals surface area contributed by atoms with Crippen LogP contribution in [-0.2, 0) is 16.5 Å². The molecule has 0 aliphatic carbocycles. The van der Waals surface area contributed by atoms with Crippen molar-refractivity contribution in [3.05, 3.63) is 48.0 Å². The molecule has 7 heteroatoms. The summed E-state index contributed by atoms with van der Waals surface area (Å²) < 4.78 is 39.0. The van der Waals surface area contributed by atoms with E-state index in [-0.39, 0.29) is 46.0 Å². The maximum absolute atomic E-state index is 12.4. The molecule has 1 N–H and O–H groups in total. The molecule has 2 rings (SSSR count). The number of hydrogen-bond donors (Lipinski definition) is 1. The van der Waals surface area contributed by atoms with E-state index in [0.29, 0.717) is 17.7 Å². The molecule has 0 heterocycles. The van der Waals surface area contributed by atoms with Crippen LogP contribution in [0.2, 0.25) is 0 Å². The first kappa shape index (κ1) is 28.0. The second-order valence-corrected chi connectivity index (χ2v) is 9.08. The molecule has 0 fully saturated rings. The summed E-state index contributed by atoms with van der Waals surface area (Å²) in [5.41, 5.74) is 0.300. The van der Waals surface area contributed by atoms with Gasteiger partial charge in [-0.3, -0.25) is 4.55 Å². The first-order chi connectivity index (χ1) is 14.4. The molecule has 0 aromatic heterocycles.